The summed E-state index contributed by atoms with van der Waals surface area (Å²) in [5.74, 6) is 0.106. The number of fused-ring (bicyclic) bond motifs is 1. The van der Waals surface area contributed by atoms with Crippen LogP contribution in [0.3, 0.4) is 0 Å². The van der Waals surface area contributed by atoms with Gasteiger partial charge in [0.05, 0.1) is 11.3 Å². The van der Waals surface area contributed by atoms with Crippen molar-refractivity contribution < 1.29 is 4.39 Å². The van der Waals surface area contributed by atoms with Gasteiger partial charge in [0, 0.05) is 55.8 Å². The van der Waals surface area contributed by atoms with Gasteiger partial charge in [-0.1, -0.05) is 0 Å². The van der Waals surface area contributed by atoms with Crippen LogP contribution in [0.2, 0.25) is 0 Å². The van der Waals surface area contributed by atoms with E-state index in [9.17, 15) is 9.18 Å². The van der Waals surface area contributed by atoms with E-state index in [1.54, 1.807) is 18.5 Å². The van der Waals surface area contributed by atoms with Gasteiger partial charge in [-0.2, -0.15) is 4.39 Å². The van der Waals surface area contributed by atoms with E-state index in [4.69, 9.17) is 0 Å². The Bertz CT molecular complexity index is 982. The molecule has 0 amide bonds. The van der Waals surface area contributed by atoms with Crippen LogP contribution in [0.25, 0.3) is 11.4 Å². The van der Waals surface area contributed by atoms with Gasteiger partial charge in [0.15, 0.2) is 0 Å². The van der Waals surface area contributed by atoms with Crippen molar-refractivity contribution in [3.63, 3.8) is 0 Å². The molecule has 26 heavy (non-hydrogen) atoms. The lowest BCUT2D eigenvalue weighted by Crippen LogP contribution is -2.35. The van der Waals surface area contributed by atoms with Gasteiger partial charge in [-0.3, -0.25) is 14.7 Å². The zero-order valence-corrected chi connectivity index (χ0v) is 14.4. The molecule has 0 saturated heterocycles. The molecule has 1 N–H and O–H groups in total. The molecule has 7 heteroatoms. The highest BCUT2D eigenvalue weighted by molar-refractivity contribution is 5.54. The molecule has 0 aliphatic carbocycles. The monoisotopic (exact) mass is 351 g/mol. The second-order valence-corrected chi connectivity index (χ2v) is 6.43. The number of nitrogens with one attached hydrogen (secondary N) is 1. The Balaban J connectivity index is 1.61. The van der Waals surface area contributed by atoms with Gasteiger partial charge in [-0.15, -0.1) is 0 Å². The van der Waals surface area contributed by atoms with Gasteiger partial charge in [-0.05, 0) is 30.7 Å². The summed E-state index contributed by atoms with van der Waals surface area (Å²) in [6, 6.07) is 5.42. The normalized spacial score (nSPS) is 14.2. The van der Waals surface area contributed by atoms with Crippen molar-refractivity contribution in [2.75, 3.05) is 6.54 Å². The molecule has 0 fully saturated rings. The highest BCUT2D eigenvalue weighted by atomic mass is 19.1. The molecular weight excluding hydrogens is 333 g/mol. The minimum absolute atomic E-state index is 0.144. The van der Waals surface area contributed by atoms with E-state index < -0.39 is 5.95 Å². The lowest BCUT2D eigenvalue weighted by atomic mass is 10.0. The molecule has 4 heterocycles. The molecule has 0 radical (unpaired) electrons. The summed E-state index contributed by atoms with van der Waals surface area (Å²) in [6.45, 7) is 3.46. The fourth-order valence-corrected chi connectivity index (χ4v) is 3.23. The van der Waals surface area contributed by atoms with E-state index in [1.165, 1.54) is 6.20 Å². The molecule has 0 unspecified atom stereocenters. The van der Waals surface area contributed by atoms with Crippen molar-refractivity contribution in [3.8, 4) is 11.4 Å². The summed E-state index contributed by atoms with van der Waals surface area (Å²) in [7, 11) is 0. The third-order valence-electron chi connectivity index (χ3n) is 4.72. The molecule has 0 bridgehead atoms. The maximum atomic E-state index is 14.0. The van der Waals surface area contributed by atoms with Crippen LogP contribution in [0.5, 0.6) is 0 Å². The third-order valence-corrected chi connectivity index (χ3v) is 4.72. The van der Waals surface area contributed by atoms with E-state index in [2.05, 4.69) is 24.8 Å². The quantitative estimate of drug-likeness (QED) is 0.733. The van der Waals surface area contributed by atoms with Gasteiger partial charge >= 0.3 is 0 Å². The topological polar surface area (TPSA) is 74.8 Å². The Kier molecular flexibility index (Phi) is 4.30. The molecule has 1 aliphatic heterocycles. The second-order valence-electron chi connectivity index (χ2n) is 6.43. The van der Waals surface area contributed by atoms with Crippen LogP contribution < -0.4 is 5.56 Å². The summed E-state index contributed by atoms with van der Waals surface area (Å²) in [5, 5.41) is 0. The number of pyridine rings is 2. The standard InChI is InChI=1S/C19H18FN5O/c1-12-2-8-22-17(20)14(12)10-25-9-5-16-15(11-25)19(26)24-18(23-16)13-3-6-21-7-4-13/h2-4,6-8H,5,9-11H2,1H3,(H,23,24,26). The van der Waals surface area contributed by atoms with Crippen molar-refractivity contribution in [1.29, 1.82) is 0 Å². The third kappa shape index (κ3) is 3.13. The lowest BCUT2D eigenvalue weighted by Gasteiger charge is -2.28. The van der Waals surface area contributed by atoms with Crippen LogP contribution in [0, 0.1) is 12.9 Å². The van der Waals surface area contributed by atoms with E-state index in [0.717, 1.165) is 16.8 Å². The highest BCUT2D eigenvalue weighted by Gasteiger charge is 2.23. The molecule has 3 aromatic heterocycles. The van der Waals surface area contributed by atoms with Crippen molar-refractivity contribution in [2.45, 2.75) is 26.4 Å². The van der Waals surface area contributed by atoms with E-state index >= 15 is 0 Å². The van der Waals surface area contributed by atoms with Crippen molar-refractivity contribution in [1.82, 2.24) is 24.8 Å². The number of aromatic amines is 1. The fraction of sp³-hybridized carbons (Fsp3) is 0.263. The number of hydrogen-bond donors (Lipinski definition) is 1. The zero-order chi connectivity index (χ0) is 18.1. The van der Waals surface area contributed by atoms with E-state index in [-0.39, 0.29) is 5.56 Å². The summed E-state index contributed by atoms with van der Waals surface area (Å²) >= 11 is 0. The maximum absolute atomic E-state index is 14.0. The van der Waals surface area contributed by atoms with Crippen LogP contribution in [-0.4, -0.2) is 31.4 Å². The Morgan fingerprint density at radius 3 is 2.81 bits per heavy atom. The number of nitrogens with zero attached hydrogens (tertiary/aromatic N) is 4. The molecule has 4 rings (SSSR count). The van der Waals surface area contributed by atoms with Gasteiger partial charge < -0.3 is 4.98 Å². The molecular formula is C19H18FN5O. The SMILES string of the molecule is Cc1ccnc(F)c1CN1CCc2nc(-c3ccncc3)[nH]c(=O)c2C1. The van der Waals surface area contributed by atoms with Crippen molar-refractivity contribution in [2.24, 2.45) is 0 Å². The van der Waals surface area contributed by atoms with E-state index in [1.807, 2.05) is 19.1 Å². The Labute approximate surface area is 149 Å². The Morgan fingerprint density at radius 2 is 2.04 bits per heavy atom. The average molecular weight is 351 g/mol. The van der Waals surface area contributed by atoms with Crippen LogP contribution >= 0.6 is 0 Å². The van der Waals surface area contributed by atoms with Crippen molar-refractivity contribution in [3.05, 3.63) is 75.5 Å². The number of aromatic nitrogens is 4. The molecule has 3 aromatic rings. The minimum atomic E-state index is -0.448. The Morgan fingerprint density at radius 1 is 1.23 bits per heavy atom. The van der Waals surface area contributed by atoms with Gasteiger partial charge in [0.2, 0.25) is 5.95 Å². The van der Waals surface area contributed by atoms with Crippen LogP contribution in [0.4, 0.5) is 4.39 Å². The maximum Gasteiger partial charge on any atom is 0.255 e. The van der Waals surface area contributed by atoms with Crippen LogP contribution in [-0.2, 0) is 19.5 Å². The minimum Gasteiger partial charge on any atom is -0.306 e. The fourth-order valence-electron chi connectivity index (χ4n) is 3.23. The number of rotatable bonds is 3. The summed E-state index contributed by atoms with van der Waals surface area (Å²) in [4.78, 5) is 29.8. The summed E-state index contributed by atoms with van der Waals surface area (Å²) < 4.78 is 14.0. The van der Waals surface area contributed by atoms with Gasteiger partial charge in [0.1, 0.15) is 5.82 Å². The Hall–Kier alpha value is -2.93. The molecule has 0 atom stereocenters. The number of aryl methyl sites for hydroxylation is 1. The largest absolute Gasteiger partial charge is 0.306 e. The predicted molar refractivity (Wildman–Crippen MR) is 94.8 cm³/mol. The predicted octanol–water partition coefficient (Wildman–Crippen LogP) is 2.23. The summed E-state index contributed by atoms with van der Waals surface area (Å²) in [5.41, 5.74) is 3.58. The van der Waals surface area contributed by atoms with Crippen molar-refractivity contribution >= 4 is 0 Å². The first kappa shape index (κ1) is 16.5. The molecule has 0 saturated carbocycles. The first-order valence-electron chi connectivity index (χ1n) is 8.46. The number of halogens is 1. The smallest absolute Gasteiger partial charge is 0.255 e. The molecule has 0 aromatic carbocycles. The average Bonchev–Trinajstić information content (AvgIpc) is 2.66. The molecule has 1 aliphatic rings. The molecule has 0 spiro atoms. The highest BCUT2D eigenvalue weighted by Crippen LogP contribution is 2.21. The second kappa shape index (κ2) is 6.76. The van der Waals surface area contributed by atoms with Gasteiger partial charge in [-0.25, -0.2) is 9.97 Å². The molecule has 132 valence electrons. The van der Waals surface area contributed by atoms with Gasteiger partial charge in [0.25, 0.3) is 5.56 Å². The van der Waals surface area contributed by atoms with Crippen LogP contribution in [0.1, 0.15) is 22.4 Å². The molecule has 6 nitrogen and oxygen atoms in total. The van der Waals surface area contributed by atoms with Crippen LogP contribution in [0.15, 0.2) is 41.6 Å². The van der Waals surface area contributed by atoms with E-state index in [0.29, 0.717) is 43.0 Å². The first-order valence-corrected chi connectivity index (χ1v) is 8.46. The number of H-pyrrole nitrogens is 1. The lowest BCUT2D eigenvalue weighted by molar-refractivity contribution is 0.237. The first-order chi connectivity index (χ1) is 12.6. The zero-order valence-electron chi connectivity index (χ0n) is 14.4. The summed E-state index contributed by atoms with van der Waals surface area (Å²) in [6.07, 6.45) is 5.45. The number of hydrogen-bond acceptors (Lipinski definition) is 5.